The van der Waals surface area contributed by atoms with Crippen LogP contribution in [0, 0.1) is 6.92 Å². The second-order valence-electron chi connectivity index (χ2n) is 1.88. The maximum atomic E-state index is 5.13. The summed E-state index contributed by atoms with van der Waals surface area (Å²) < 4.78 is 5.13. The smallest absolute Gasteiger partial charge is 0.114 e. The van der Waals surface area contributed by atoms with Crippen molar-refractivity contribution in [3.63, 3.8) is 0 Å². The Hall–Kier alpha value is 0.110. The molecule has 10 heavy (non-hydrogen) atoms. The van der Waals surface area contributed by atoms with Gasteiger partial charge < -0.3 is 4.42 Å². The van der Waals surface area contributed by atoms with Crippen molar-refractivity contribution < 1.29 is 4.42 Å². The van der Waals surface area contributed by atoms with E-state index in [-0.39, 0.29) is 0 Å². The molecule has 0 aliphatic rings. The Morgan fingerprint density at radius 3 is 3.00 bits per heavy atom. The van der Waals surface area contributed by atoms with Gasteiger partial charge in [0.2, 0.25) is 0 Å². The SMILES string of the molecule is Cc1occc1SCCBr. The van der Waals surface area contributed by atoms with E-state index in [1.807, 2.05) is 24.8 Å². The second kappa shape index (κ2) is 4.09. The van der Waals surface area contributed by atoms with Crippen LogP contribution >= 0.6 is 27.7 Å². The number of hydrogen-bond donors (Lipinski definition) is 0. The van der Waals surface area contributed by atoms with E-state index in [0.29, 0.717) is 0 Å². The predicted octanol–water partition coefficient (Wildman–Crippen LogP) is 3.08. The van der Waals surface area contributed by atoms with Gasteiger partial charge in [-0.2, -0.15) is 0 Å². The minimum Gasteiger partial charge on any atom is -0.468 e. The second-order valence-corrected chi connectivity index (χ2v) is 3.81. The lowest BCUT2D eigenvalue weighted by Crippen LogP contribution is -1.77. The first-order valence-corrected chi connectivity index (χ1v) is 5.18. The van der Waals surface area contributed by atoms with E-state index in [1.165, 1.54) is 4.90 Å². The van der Waals surface area contributed by atoms with Crippen LogP contribution in [-0.4, -0.2) is 11.1 Å². The summed E-state index contributed by atoms with van der Waals surface area (Å²) in [5, 5.41) is 1.03. The van der Waals surface area contributed by atoms with Crippen LogP contribution in [0.1, 0.15) is 5.76 Å². The molecule has 0 amide bonds. The summed E-state index contributed by atoms with van der Waals surface area (Å²) in [5.74, 6) is 2.12. The Morgan fingerprint density at radius 2 is 2.50 bits per heavy atom. The highest BCUT2D eigenvalue weighted by Gasteiger charge is 1.99. The first-order valence-electron chi connectivity index (χ1n) is 3.07. The fourth-order valence-electron chi connectivity index (χ4n) is 0.672. The number of furan rings is 1. The van der Waals surface area contributed by atoms with Crippen molar-refractivity contribution >= 4 is 27.7 Å². The zero-order valence-electron chi connectivity index (χ0n) is 5.76. The van der Waals surface area contributed by atoms with Gasteiger partial charge in [-0.3, -0.25) is 0 Å². The van der Waals surface area contributed by atoms with E-state index in [9.17, 15) is 0 Å². The monoisotopic (exact) mass is 220 g/mol. The number of hydrogen-bond acceptors (Lipinski definition) is 2. The lowest BCUT2D eigenvalue weighted by Gasteiger charge is -1.93. The maximum absolute atomic E-state index is 5.13. The molecule has 0 unspecified atom stereocenters. The van der Waals surface area contributed by atoms with E-state index >= 15 is 0 Å². The molecule has 0 spiro atoms. The summed E-state index contributed by atoms with van der Waals surface area (Å²) in [6.07, 6.45) is 1.73. The molecule has 0 bridgehead atoms. The van der Waals surface area contributed by atoms with E-state index in [1.54, 1.807) is 6.26 Å². The Morgan fingerprint density at radius 1 is 1.70 bits per heavy atom. The van der Waals surface area contributed by atoms with Gasteiger partial charge in [-0.25, -0.2) is 0 Å². The van der Waals surface area contributed by atoms with Crippen LogP contribution < -0.4 is 0 Å². The first-order chi connectivity index (χ1) is 4.84. The highest BCUT2D eigenvalue weighted by Crippen LogP contribution is 2.22. The van der Waals surface area contributed by atoms with Gasteiger partial charge in [-0.15, -0.1) is 11.8 Å². The van der Waals surface area contributed by atoms with Gasteiger partial charge >= 0.3 is 0 Å². The largest absolute Gasteiger partial charge is 0.468 e. The topological polar surface area (TPSA) is 13.1 Å². The van der Waals surface area contributed by atoms with Gasteiger partial charge in [0.05, 0.1) is 6.26 Å². The number of aryl methyl sites for hydroxylation is 1. The third-order valence-electron chi connectivity index (χ3n) is 1.15. The molecule has 0 fully saturated rings. The summed E-state index contributed by atoms with van der Waals surface area (Å²) in [6, 6.07) is 2.00. The van der Waals surface area contributed by atoms with Crippen molar-refractivity contribution in [1.82, 2.24) is 0 Å². The molecule has 0 radical (unpaired) electrons. The molecule has 1 aromatic heterocycles. The van der Waals surface area contributed by atoms with Gasteiger partial charge in [0.1, 0.15) is 5.76 Å². The standard InChI is InChI=1S/C7H9BrOS/c1-6-7(2-4-9-6)10-5-3-8/h2,4H,3,5H2,1H3. The summed E-state index contributed by atoms with van der Waals surface area (Å²) in [7, 11) is 0. The summed E-state index contributed by atoms with van der Waals surface area (Å²) in [5.41, 5.74) is 0. The number of alkyl halides is 1. The fourth-order valence-corrected chi connectivity index (χ4v) is 1.86. The van der Waals surface area contributed by atoms with Gasteiger partial charge in [-0.1, -0.05) is 15.9 Å². The van der Waals surface area contributed by atoms with Crippen LogP contribution in [-0.2, 0) is 0 Å². The average molecular weight is 221 g/mol. The summed E-state index contributed by atoms with van der Waals surface area (Å²) in [6.45, 7) is 1.98. The molecule has 0 N–H and O–H groups in total. The zero-order chi connectivity index (χ0) is 7.40. The van der Waals surface area contributed by atoms with Gasteiger partial charge in [0.25, 0.3) is 0 Å². The Bertz CT molecular complexity index is 197. The molecular formula is C7H9BrOS. The van der Waals surface area contributed by atoms with E-state index in [0.717, 1.165) is 16.8 Å². The van der Waals surface area contributed by atoms with Gasteiger partial charge in [0, 0.05) is 16.0 Å². The molecule has 0 aromatic carbocycles. The molecule has 0 aliphatic heterocycles. The minimum absolute atomic E-state index is 1.02. The zero-order valence-corrected chi connectivity index (χ0v) is 8.17. The minimum atomic E-state index is 1.02. The van der Waals surface area contributed by atoms with Crippen molar-refractivity contribution in [1.29, 1.82) is 0 Å². The van der Waals surface area contributed by atoms with E-state index in [4.69, 9.17) is 4.42 Å². The summed E-state index contributed by atoms with van der Waals surface area (Å²) >= 11 is 5.18. The molecule has 0 saturated carbocycles. The van der Waals surface area contributed by atoms with E-state index < -0.39 is 0 Å². The normalized spacial score (nSPS) is 10.2. The van der Waals surface area contributed by atoms with Crippen molar-refractivity contribution in [2.75, 3.05) is 11.1 Å². The Kier molecular flexibility index (Phi) is 3.35. The van der Waals surface area contributed by atoms with Crippen LogP contribution in [0.25, 0.3) is 0 Å². The van der Waals surface area contributed by atoms with Gasteiger partial charge in [0.15, 0.2) is 0 Å². The Balaban J connectivity index is 2.49. The van der Waals surface area contributed by atoms with Crippen molar-refractivity contribution in [3.05, 3.63) is 18.1 Å². The average Bonchev–Trinajstić information content (AvgIpc) is 2.31. The highest BCUT2D eigenvalue weighted by molar-refractivity contribution is 9.09. The molecular weight excluding hydrogens is 212 g/mol. The van der Waals surface area contributed by atoms with Crippen LogP contribution in [0.15, 0.2) is 21.6 Å². The van der Waals surface area contributed by atoms with Crippen LogP contribution in [0.5, 0.6) is 0 Å². The number of halogens is 1. The molecule has 1 heterocycles. The molecule has 1 nitrogen and oxygen atoms in total. The molecule has 0 saturated heterocycles. The molecule has 3 heteroatoms. The third kappa shape index (κ3) is 2.06. The van der Waals surface area contributed by atoms with Crippen LogP contribution in [0.4, 0.5) is 0 Å². The highest BCUT2D eigenvalue weighted by atomic mass is 79.9. The third-order valence-corrected chi connectivity index (χ3v) is 3.21. The quantitative estimate of drug-likeness (QED) is 0.574. The van der Waals surface area contributed by atoms with E-state index in [2.05, 4.69) is 15.9 Å². The maximum Gasteiger partial charge on any atom is 0.114 e. The van der Waals surface area contributed by atoms with Crippen molar-refractivity contribution in [2.24, 2.45) is 0 Å². The first kappa shape index (κ1) is 8.21. The van der Waals surface area contributed by atoms with Gasteiger partial charge in [-0.05, 0) is 13.0 Å². The molecule has 0 atom stereocenters. The van der Waals surface area contributed by atoms with Crippen molar-refractivity contribution in [2.45, 2.75) is 11.8 Å². The van der Waals surface area contributed by atoms with Crippen LogP contribution in [0.2, 0.25) is 0 Å². The Labute approximate surface area is 73.3 Å². The molecule has 1 rings (SSSR count). The predicted molar refractivity (Wildman–Crippen MR) is 48.0 cm³/mol. The van der Waals surface area contributed by atoms with Crippen LogP contribution in [0.3, 0.4) is 0 Å². The lowest BCUT2D eigenvalue weighted by atomic mass is 10.5. The number of rotatable bonds is 3. The fraction of sp³-hybridized carbons (Fsp3) is 0.429. The van der Waals surface area contributed by atoms with Crippen molar-refractivity contribution in [3.8, 4) is 0 Å². The molecule has 0 aliphatic carbocycles. The molecule has 1 aromatic rings. The lowest BCUT2D eigenvalue weighted by molar-refractivity contribution is 0.527. The molecule has 56 valence electrons. The summed E-state index contributed by atoms with van der Waals surface area (Å²) in [4.78, 5) is 1.25. The number of thioether (sulfide) groups is 1.